The van der Waals surface area contributed by atoms with E-state index in [1.807, 2.05) is 6.92 Å². The normalized spacial score (nSPS) is 22.1. The van der Waals surface area contributed by atoms with Crippen LogP contribution in [-0.4, -0.2) is 53.6 Å². The van der Waals surface area contributed by atoms with Crippen molar-refractivity contribution in [2.75, 3.05) is 19.6 Å². The number of rotatable bonds is 5. The van der Waals surface area contributed by atoms with Crippen LogP contribution < -0.4 is 10.6 Å². The molecule has 0 aliphatic carbocycles. The average Bonchev–Trinajstić information content (AvgIpc) is 2.75. The van der Waals surface area contributed by atoms with Crippen molar-refractivity contribution < 1.29 is 19.5 Å². The molecule has 1 aliphatic heterocycles. The number of carboxylic acid groups (broad SMARTS) is 1. The van der Waals surface area contributed by atoms with E-state index in [9.17, 15) is 14.4 Å². The van der Waals surface area contributed by atoms with Crippen molar-refractivity contribution >= 4 is 17.9 Å². The summed E-state index contributed by atoms with van der Waals surface area (Å²) >= 11 is 0. The third-order valence-corrected chi connectivity index (χ3v) is 3.19. The third kappa shape index (κ3) is 4.11. The maximum atomic E-state index is 11.9. The maximum absolute atomic E-state index is 11.9. The summed E-state index contributed by atoms with van der Waals surface area (Å²) in [5.74, 6) is -1.35. The molecule has 1 fully saturated rings. The molecule has 0 aromatic heterocycles. The number of amides is 3. The Bertz CT molecular complexity index is 359. The van der Waals surface area contributed by atoms with E-state index in [-0.39, 0.29) is 18.4 Å². The Kier molecular flexibility index (Phi) is 5.59. The Hall–Kier alpha value is -1.79. The molecule has 0 spiro atoms. The first-order valence-corrected chi connectivity index (χ1v) is 6.51. The van der Waals surface area contributed by atoms with E-state index in [1.165, 1.54) is 4.90 Å². The number of carbonyl (C=O) groups is 3. The molecule has 0 aromatic rings. The maximum Gasteiger partial charge on any atom is 0.326 e. The lowest BCUT2D eigenvalue weighted by molar-refractivity contribution is -0.142. The minimum Gasteiger partial charge on any atom is -0.480 e. The van der Waals surface area contributed by atoms with Crippen LogP contribution in [0, 0.1) is 5.92 Å². The summed E-state index contributed by atoms with van der Waals surface area (Å²) in [5, 5.41) is 14.2. The highest BCUT2D eigenvalue weighted by atomic mass is 16.4. The predicted octanol–water partition coefficient (Wildman–Crippen LogP) is 0.0172. The van der Waals surface area contributed by atoms with Gasteiger partial charge in [0, 0.05) is 13.1 Å². The number of hydrogen-bond acceptors (Lipinski definition) is 3. The fourth-order valence-electron chi connectivity index (χ4n) is 2.14. The lowest BCUT2D eigenvalue weighted by Gasteiger charge is -2.23. The number of aliphatic carboxylic acids is 1. The van der Waals surface area contributed by atoms with Gasteiger partial charge in [0.25, 0.3) is 0 Å². The molecule has 1 aliphatic rings. The van der Waals surface area contributed by atoms with Gasteiger partial charge in [0.05, 0.1) is 6.54 Å². The molecule has 7 nitrogen and oxygen atoms in total. The quantitative estimate of drug-likeness (QED) is 0.656. The van der Waals surface area contributed by atoms with Gasteiger partial charge >= 0.3 is 12.0 Å². The van der Waals surface area contributed by atoms with Gasteiger partial charge in [-0.3, -0.25) is 4.79 Å². The monoisotopic (exact) mass is 271 g/mol. The van der Waals surface area contributed by atoms with Crippen molar-refractivity contribution in [2.24, 2.45) is 5.92 Å². The molecule has 0 aromatic carbocycles. The Morgan fingerprint density at radius 3 is 2.58 bits per heavy atom. The Labute approximate surface area is 112 Å². The zero-order valence-electron chi connectivity index (χ0n) is 11.3. The molecule has 1 rings (SSSR count). The molecule has 3 N–H and O–H groups in total. The Balaban J connectivity index is 2.45. The van der Waals surface area contributed by atoms with E-state index < -0.39 is 18.0 Å². The van der Waals surface area contributed by atoms with Gasteiger partial charge in [0.2, 0.25) is 5.91 Å². The molecule has 0 radical (unpaired) electrons. The highest BCUT2D eigenvalue weighted by Crippen LogP contribution is 2.23. The van der Waals surface area contributed by atoms with Gasteiger partial charge in [-0.15, -0.1) is 0 Å². The molecule has 0 saturated carbocycles. The summed E-state index contributed by atoms with van der Waals surface area (Å²) in [6.07, 6.45) is 1.48. The zero-order chi connectivity index (χ0) is 14.4. The van der Waals surface area contributed by atoms with Gasteiger partial charge in [-0.05, 0) is 18.8 Å². The standard InChI is InChI=1S/C12H21N3O4/c1-3-5-13-9(16)7-14-12(19)15-6-4-8(2)10(15)11(17)18/h8,10H,3-7H2,1-2H3,(H,13,16)(H,14,19)(H,17,18). The molecule has 108 valence electrons. The molecule has 0 bridgehead atoms. The van der Waals surface area contributed by atoms with E-state index in [0.29, 0.717) is 19.5 Å². The predicted molar refractivity (Wildman–Crippen MR) is 68.6 cm³/mol. The van der Waals surface area contributed by atoms with Gasteiger partial charge in [0.1, 0.15) is 6.04 Å². The van der Waals surface area contributed by atoms with Crippen molar-refractivity contribution in [3.63, 3.8) is 0 Å². The summed E-state index contributed by atoms with van der Waals surface area (Å²) in [7, 11) is 0. The van der Waals surface area contributed by atoms with E-state index in [2.05, 4.69) is 10.6 Å². The van der Waals surface area contributed by atoms with Crippen LogP contribution in [0.25, 0.3) is 0 Å². The van der Waals surface area contributed by atoms with Crippen LogP contribution in [0.5, 0.6) is 0 Å². The van der Waals surface area contributed by atoms with Crippen LogP contribution in [0.15, 0.2) is 0 Å². The molecule has 2 atom stereocenters. The number of carboxylic acids is 1. The van der Waals surface area contributed by atoms with Gasteiger partial charge in [-0.2, -0.15) is 0 Å². The number of urea groups is 1. The topological polar surface area (TPSA) is 98.7 Å². The van der Waals surface area contributed by atoms with Crippen LogP contribution in [0.3, 0.4) is 0 Å². The Morgan fingerprint density at radius 2 is 2.00 bits per heavy atom. The summed E-state index contributed by atoms with van der Waals surface area (Å²) < 4.78 is 0. The first kappa shape index (κ1) is 15.3. The smallest absolute Gasteiger partial charge is 0.326 e. The second kappa shape index (κ2) is 6.96. The van der Waals surface area contributed by atoms with Crippen LogP contribution >= 0.6 is 0 Å². The lowest BCUT2D eigenvalue weighted by Crippen LogP contribution is -2.49. The van der Waals surface area contributed by atoms with Gasteiger partial charge in [0.15, 0.2) is 0 Å². The third-order valence-electron chi connectivity index (χ3n) is 3.19. The van der Waals surface area contributed by atoms with Crippen LogP contribution in [-0.2, 0) is 9.59 Å². The lowest BCUT2D eigenvalue weighted by atomic mass is 10.0. The molecule has 2 unspecified atom stereocenters. The summed E-state index contributed by atoms with van der Waals surface area (Å²) in [6.45, 7) is 4.58. The minimum atomic E-state index is -1.00. The number of nitrogens with one attached hydrogen (secondary N) is 2. The van der Waals surface area contributed by atoms with Gasteiger partial charge < -0.3 is 20.6 Å². The van der Waals surface area contributed by atoms with E-state index in [0.717, 1.165) is 6.42 Å². The molecule has 7 heteroatoms. The Morgan fingerprint density at radius 1 is 1.32 bits per heavy atom. The first-order chi connectivity index (χ1) is 8.97. The molecular weight excluding hydrogens is 250 g/mol. The number of likely N-dealkylation sites (tertiary alicyclic amines) is 1. The van der Waals surface area contributed by atoms with E-state index in [1.54, 1.807) is 6.92 Å². The van der Waals surface area contributed by atoms with Crippen molar-refractivity contribution in [2.45, 2.75) is 32.7 Å². The van der Waals surface area contributed by atoms with E-state index >= 15 is 0 Å². The second-order valence-corrected chi connectivity index (χ2v) is 4.75. The molecular formula is C12H21N3O4. The summed E-state index contributed by atoms with van der Waals surface area (Å²) in [5.41, 5.74) is 0. The highest BCUT2D eigenvalue weighted by molar-refractivity contribution is 5.87. The molecule has 19 heavy (non-hydrogen) atoms. The SMILES string of the molecule is CCCNC(=O)CNC(=O)N1CCC(C)C1C(=O)O. The molecule has 3 amide bonds. The fourth-order valence-corrected chi connectivity index (χ4v) is 2.14. The fraction of sp³-hybridized carbons (Fsp3) is 0.750. The summed E-state index contributed by atoms with van der Waals surface area (Å²) in [6, 6.07) is -1.30. The van der Waals surface area contributed by atoms with Crippen LogP contribution in [0.2, 0.25) is 0 Å². The van der Waals surface area contributed by atoms with Gasteiger partial charge in [-0.25, -0.2) is 9.59 Å². The molecule has 1 heterocycles. The largest absolute Gasteiger partial charge is 0.480 e. The first-order valence-electron chi connectivity index (χ1n) is 6.51. The van der Waals surface area contributed by atoms with Crippen molar-refractivity contribution in [1.82, 2.24) is 15.5 Å². The number of hydrogen-bond donors (Lipinski definition) is 3. The number of carbonyl (C=O) groups excluding carboxylic acids is 2. The minimum absolute atomic E-state index is 0.0721. The van der Waals surface area contributed by atoms with Crippen molar-refractivity contribution in [3.8, 4) is 0 Å². The van der Waals surface area contributed by atoms with Gasteiger partial charge in [-0.1, -0.05) is 13.8 Å². The van der Waals surface area contributed by atoms with Crippen LogP contribution in [0.1, 0.15) is 26.7 Å². The number of nitrogens with zero attached hydrogens (tertiary/aromatic N) is 1. The van der Waals surface area contributed by atoms with Crippen LogP contribution in [0.4, 0.5) is 4.79 Å². The highest BCUT2D eigenvalue weighted by Gasteiger charge is 2.39. The van der Waals surface area contributed by atoms with Crippen molar-refractivity contribution in [1.29, 1.82) is 0 Å². The second-order valence-electron chi connectivity index (χ2n) is 4.75. The summed E-state index contributed by atoms with van der Waals surface area (Å²) in [4.78, 5) is 35.6. The average molecular weight is 271 g/mol. The zero-order valence-corrected chi connectivity index (χ0v) is 11.3. The van der Waals surface area contributed by atoms with Crippen molar-refractivity contribution in [3.05, 3.63) is 0 Å². The molecule has 1 saturated heterocycles. The van der Waals surface area contributed by atoms with E-state index in [4.69, 9.17) is 5.11 Å².